The summed E-state index contributed by atoms with van der Waals surface area (Å²) in [5, 5.41) is 6.56. The highest BCUT2D eigenvalue weighted by atomic mass is 19.4. The normalized spacial score (nSPS) is 15.8. The van der Waals surface area contributed by atoms with Gasteiger partial charge in [0.25, 0.3) is 0 Å². The molecule has 0 atom stereocenters. The van der Waals surface area contributed by atoms with Crippen LogP contribution in [0, 0.1) is 5.82 Å². The van der Waals surface area contributed by atoms with E-state index in [4.69, 9.17) is 0 Å². The molecule has 0 spiro atoms. The number of rotatable bonds is 5. The van der Waals surface area contributed by atoms with Gasteiger partial charge in [0.2, 0.25) is 22.4 Å². The van der Waals surface area contributed by atoms with E-state index in [-0.39, 0.29) is 5.82 Å². The van der Waals surface area contributed by atoms with E-state index in [1.54, 1.807) is 0 Å². The van der Waals surface area contributed by atoms with Gasteiger partial charge in [-0.15, -0.1) is 0 Å². The predicted molar refractivity (Wildman–Crippen MR) is 170 cm³/mol. The molecule has 0 amide bonds. The number of nitrogens with zero attached hydrogens (tertiary/aromatic N) is 4. The molecule has 4 aromatic heterocycles. The molecule has 46 heavy (non-hydrogen) atoms. The van der Waals surface area contributed by atoms with Crippen LogP contribution in [-0.4, -0.2) is 9.61 Å². The summed E-state index contributed by atoms with van der Waals surface area (Å²) in [5.74, 6) is -0.288. The van der Waals surface area contributed by atoms with Gasteiger partial charge in [-0.25, -0.2) is 8.91 Å². The zero-order valence-electron chi connectivity index (χ0n) is 26.7. The molecule has 0 bridgehead atoms. The molecular formula is C38H36F4N4+2. The Bertz CT molecular complexity index is 2260. The van der Waals surface area contributed by atoms with Crippen LogP contribution < -0.4 is 8.97 Å². The summed E-state index contributed by atoms with van der Waals surface area (Å²) in [7, 11) is 0. The standard InChI is InChI=1S/C38H36F4N4/c1-6-9-12-22-14-16-25-30-23(22)18-20-45-34(30)31-24(15-17-26(39)32(31)36(25,4)5)33-35(37(45,7-2)8-3)46-28(21-29(43-46)38(40,41)42)27-13-10-11-19-44(27)33/h10-11,13-21H,6-9,12H2,1-5H3/q+2. The number of hydrogen-bond acceptors (Lipinski definition) is 1. The number of halogens is 4. The van der Waals surface area contributed by atoms with Crippen LogP contribution in [0.1, 0.15) is 88.4 Å². The smallest absolute Gasteiger partial charge is 0.217 e. The number of pyridine rings is 2. The molecule has 0 N–H and O–H groups in total. The lowest BCUT2D eigenvalue weighted by Gasteiger charge is -2.35. The van der Waals surface area contributed by atoms with Crippen LogP contribution >= 0.6 is 0 Å². The van der Waals surface area contributed by atoms with E-state index in [9.17, 15) is 13.2 Å². The largest absolute Gasteiger partial charge is 0.435 e. The Balaban J connectivity index is 1.68. The molecule has 6 aromatic rings. The second-order valence-corrected chi connectivity index (χ2v) is 13.4. The summed E-state index contributed by atoms with van der Waals surface area (Å²) in [6, 6.07) is 16.6. The number of aryl methyl sites for hydroxylation is 1. The molecule has 5 heterocycles. The van der Waals surface area contributed by atoms with Crippen LogP contribution in [0.4, 0.5) is 17.6 Å². The fourth-order valence-corrected chi connectivity index (χ4v) is 8.57. The average Bonchev–Trinajstić information content (AvgIpc) is 3.46. The van der Waals surface area contributed by atoms with Gasteiger partial charge in [0.15, 0.2) is 23.8 Å². The highest BCUT2D eigenvalue weighted by molar-refractivity contribution is 6.05. The maximum atomic E-state index is 16.4. The molecule has 0 saturated carbocycles. The van der Waals surface area contributed by atoms with E-state index in [2.05, 4.69) is 68.7 Å². The van der Waals surface area contributed by atoms with Gasteiger partial charge in [0, 0.05) is 48.1 Å². The minimum absolute atomic E-state index is 0.288. The number of unbranched alkanes of at least 4 members (excludes halogenated alkanes) is 1. The lowest BCUT2D eigenvalue weighted by molar-refractivity contribution is -0.745. The van der Waals surface area contributed by atoms with Crippen molar-refractivity contribution in [1.29, 1.82) is 0 Å². The van der Waals surface area contributed by atoms with Crippen LogP contribution in [0.25, 0.3) is 44.3 Å². The van der Waals surface area contributed by atoms with Crippen LogP contribution in [0.3, 0.4) is 0 Å². The van der Waals surface area contributed by atoms with Gasteiger partial charge in [0.1, 0.15) is 11.3 Å². The Morgan fingerprint density at radius 2 is 1.70 bits per heavy atom. The van der Waals surface area contributed by atoms with Crippen LogP contribution in [0.5, 0.6) is 0 Å². The zero-order chi connectivity index (χ0) is 32.3. The third-order valence-corrected chi connectivity index (χ3v) is 10.8. The van der Waals surface area contributed by atoms with Crippen molar-refractivity contribution in [3.63, 3.8) is 0 Å². The van der Waals surface area contributed by atoms with Gasteiger partial charge in [0.05, 0.1) is 16.5 Å². The first kappa shape index (κ1) is 29.1. The predicted octanol–water partition coefficient (Wildman–Crippen LogP) is 8.86. The fourth-order valence-electron chi connectivity index (χ4n) is 8.57. The van der Waals surface area contributed by atoms with Crippen LogP contribution in [-0.2, 0) is 23.6 Å². The van der Waals surface area contributed by atoms with Gasteiger partial charge in [-0.05, 0) is 47.6 Å². The van der Waals surface area contributed by atoms with E-state index >= 15 is 4.39 Å². The van der Waals surface area contributed by atoms with Gasteiger partial charge >= 0.3 is 6.18 Å². The summed E-state index contributed by atoms with van der Waals surface area (Å²) in [5.41, 5.74) is 5.40. The topological polar surface area (TPSA) is 25.3 Å². The highest BCUT2D eigenvalue weighted by Gasteiger charge is 2.55. The minimum Gasteiger partial charge on any atom is -0.217 e. The van der Waals surface area contributed by atoms with Crippen molar-refractivity contribution >= 4 is 21.8 Å². The zero-order valence-corrected chi connectivity index (χ0v) is 26.7. The molecular weight excluding hydrogens is 588 g/mol. The van der Waals surface area contributed by atoms with Crippen molar-refractivity contribution in [2.75, 3.05) is 0 Å². The van der Waals surface area contributed by atoms with Gasteiger partial charge < -0.3 is 0 Å². The molecule has 234 valence electrons. The third kappa shape index (κ3) is 3.53. The van der Waals surface area contributed by atoms with E-state index < -0.39 is 22.8 Å². The lowest BCUT2D eigenvalue weighted by Crippen LogP contribution is -2.59. The van der Waals surface area contributed by atoms with Crippen molar-refractivity contribution in [2.45, 2.75) is 83.9 Å². The second kappa shape index (κ2) is 9.60. The van der Waals surface area contributed by atoms with E-state index in [0.717, 1.165) is 64.2 Å². The summed E-state index contributed by atoms with van der Waals surface area (Å²) in [6.45, 7) is 10.5. The first-order valence-corrected chi connectivity index (χ1v) is 16.3. The Kier molecular flexibility index (Phi) is 6.07. The van der Waals surface area contributed by atoms with Crippen molar-refractivity contribution in [1.82, 2.24) is 9.61 Å². The molecule has 0 radical (unpaired) electrons. The van der Waals surface area contributed by atoms with Crippen LogP contribution in [0.15, 0.2) is 67.0 Å². The molecule has 0 unspecified atom stereocenters. The van der Waals surface area contributed by atoms with E-state index in [0.29, 0.717) is 35.1 Å². The Morgan fingerprint density at radius 3 is 2.41 bits per heavy atom. The maximum absolute atomic E-state index is 16.4. The first-order chi connectivity index (χ1) is 22.0. The molecule has 1 aliphatic heterocycles. The van der Waals surface area contributed by atoms with Gasteiger partial charge in [-0.2, -0.15) is 27.2 Å². The molecule has 0 saturated heterocycles. The number of benzene rings is 2. The number of fused-ring (bicyclic) bond motifs is 7. The van der Waals surface area contributed by atoms with Crippen molar-refractivity contribution in [3.05, 3.63) is 101 Å². The van der Waals surface area contributed by atoms with Crippen LogP contribution in [0.2, 0.25) is 0 Å². The van der Waals surface area contributed by atoms with Crippen molar-refractivity contribution in [3.8, 4) is 22.5 Å². The Hall–Kier alpha value is -4.33. The summed E-state index contributed by atoms with van der Waals surface area (Å²) < 4.78 is 65.2. The summed E-state index contributed by atoms with van der Waals surface area (Å²) in [6.07, 6.45) is 3.59. The number of hydrogen-bond donors (Lipinski definition) is 0. The quantitative estimate of drug-likeness (QED) is 0.139. The van der Waals surface area contributed by atoms with Crippen molar-refractivity contribution in [2.24, 2.45) is 0 Å². The summed E-state index contributed by atoms with van der Waals surface area (Å²) in [4.78, 5) is 0. The maximum Gasteiger partial charge on any atom is 0.435 e. The summed E-state index contributed by atoms with van der Waals surface area (Å²) >= 11 is 0. The highest BCUT2D eigenvalue weighted by Crippen LogP contribution is 2.55. The Morgan fingerprint density at radius 1 is 0.913 bits per heavy atom. The van der Waals surface area contributed by atoms with E-state index in [1.165, 1.54) is 16.1 Å². The third-order valence-electron chi connectivity index (χ3n) is 10.8. The number of alkyl halides is 3. The second-order valence-electron chi connectivity index (χ2n) is 13.4. The van der Waals surface area contributed by atoms with Gasteiger partial charge in [-0.1, -0.05) is 53.2 Å². The SMILES string of the molecule is CCCCc1ccc2c3c4[n+](ccc13)C(CC)(CC)c1c([n+]3ccccc3c3cc(C(F)(F)F)nn13)-c1ccc(F)c(c1-4)C2(C)C. The van der Waals surface area contributed by atoms with Crippen molar-refractivity contribution < 1.29 is 26.5 Å². The average molecular weight is 625 g/mol. The first-order valence-electron chi connectivity index (χ1n) is 16.3. The number of aromatic nitrogens is 4. The molecule has 2 aliphatic rings. The minimum atomic E-state index is -4.62. The molecule has 0 fully saturated rings. The van der Waals surface area contributed by atoms with E-state index in [1.807, 2.05) is 34.9 Å². The molecule has 2 aromatic carbocycles. The monoisotopic (exact) mass is 624 g/mol. The molecule has 1 aliphatic carbocycles. The lowest BCUT2D eigenvalue weighted by atomic mass is 9.68. The molecule has 8 rings (SSSR count). The Labute approximate surface area is 264 Å². The van der Waals surface area contributed by atoms with Gasteiger partial charge in [-0.3, -0.25) is 0 Å². The molecule has 8 heteroatoms. The molecule has 4 nitrogen and oxygen atoms in total. The fraction of sp³-hybridized carbons (Fsp3) is 0.342.